The highest BCUT2D eigenvalue weighted by Crippen LogP contribution is 2.38. The van der Waals surface area contributed by atoms with Crippen molar-refractivity contribution in [1.82, 2.24) is 0 Å². The van der Waals surface area contributed by atoms with E-state index in [0.29, 0.717) is 12.2 Å². The molecule has 5 heteroatoms. The van der Waals surface area contributed by atoms with E-state index in [1.54, 1.807) is 14.8 Å². The van der Waals surface area contributed by atoms with Gasteiger partial charge in [0.05, 0.1) is 5.68 Å². The summed E-state index contributed by atoms with van der Waals surface area (Å²) >= 11 is 0. The summed E-state index contributed by atoms with van der Waals surface area (Å²) in [6.45, 7) is 9.46. The number of benzene rings is 1. The molecule has 1 atom stereocenters. The summed E-state index contributed by atoms with van der Waals surface area (Å²) in [6.07, 6.45) is 0.389. The van der Waals surface area contributed by atoms with E-state index in [1.807, 2.05) is 39.8 Å². The van der Waals surface area contributed by atoms with E-state index in [-0.39, 0.29) is 5.68 Å². The van der Waals surface area contributed by atoms with E-state index in [1.165, 1.54) is 0 Å². The lowest BCUT2D eigenvalue weighted by molar-refractivity contribution is -0.135. The third kappa shape index (κ3) is 4.43. The van der Waals surface area contributed by atoms with E-state index in [0.717, 1.165) is 16.7 Å². The lowest BCUT2D eigenvalue weighted by atomic mass is 9.74. The van der Waals surface area contributed by atoms with Crippen LogP contribution in [0.15, 0.2) is 12.1 Å². The quantitative estimate of drug-likeness (QED) is 0.505. The Hall–Kier alpha value is -1.62. The Balaban J connectivity index is 3.35. The molecule has 0 aromatic heterocycles. The Labute approximate surface area is 127 Å². The summed E-state index contributed by atoms with van der Waals surface area (Å²) in [5, 5.41) is 0. The van der Waals surface area contributed by atoms with Crippen molar-refractivity contribution in [3.8, 4) is 5.75 Å². The molecule has 0 fully saturated rings. The molecule has 0 aliphatic rings. The van der Waals surface area contributed by atoms with Gasteiger partial charge in [-0.15, -0.1) is 0 Å². The van der Waals surface area contributed by atoms with Crippen LogP contribution in [0.5, 0.6) is 5.75 Å². The summed E-state index contributed by atoms with van der Waals surface area (Å²) in [5.41, 5.74) is 8.16. The molecule has 4 nitrogen and oxygen atoms in total. The minimum Gasteiger partial charge on any atom is -0.425 e. The zero-order valence-electron chi connectivity index (χ0n) is 13.7. The number of aryl methyl sites for hydroxylation is 2. The fourth-order valence-corrected chi connectivity index (χ4v) is 2.79. The molecule has 0 aliphatic heterocycles. The Morgan fingerprint density at radius 3 is 2.38 bits per heavy atom. The first kappa shape index (κ1) is 17.4. The number of rotatable bonds is 5. The number of nitrogens with two attached hydrogens (primary N) is 1. The number of hydrogen-bond acceptors (Lipinski definition) is 4. The first-order chi connectivity index (χ1) is 9.54. The molecule has 1 aromatic carbocycles. The van der Waals surface area contributed by atoms with E-state index < -0.39 is 17.4 Å². The van der Waals surface area contributed by atoms with Crippen LogP contribution in [0.1, 0.15) is 43.9 Å². The second-order valence-corrected chi connectivity index (χ2v) is 6.43. The second-order valence-electron chi connectivity index (χ2n) is 6.43. The summed E-state index contributed by atoms with van der Waals surface area (Å²) in [7, 11) is 1.57. The summed E-state index contributed by atoms with van der Waals surface area (Å²) < 4.78 is 5.46. The zero-order valence-corrected chi connectivity index (χ0v) is 13.7. The van der Waals surface area contributed by atoms with Crippen LogP contribution in [0.25, 0.3) is 0 Å². The van der Waals surface area contributed by atoms with Crippen molar-refractivity contribution in [2.75, 3.05) is 0 Å². The van der Waals surface area contributed by atoms with Crippen LogP contribution < -0.4 is 10.5 Å². The van der Waals surface area contributed by atoms with Crippen LogP contribution in [-0.4, -0.2) is 25.5 Å². The Kier molecular flexibility index (Phi) is 5.34. The van der Waals surface area contributed by atoms with Gasteiger partial charge < -0.3 is 15.3 Å². The third-order valence-electron chi connectivity index (χ3n) is 3.39. The molecular weight excluding hydrogens is 265 g/mol. The van der Waals surface area contributed by atoms with Gasteiger partial charge in [-0.3, -0.25) is 0 Å². The molecule has 1 aromatic rings. The van der Waals surface area contributed by atoms with Crippen LogP contribution in [-0.2, 0) is 15.0 Å². The minimum atomic E-state index is -0.686. The number of carbonyl (C=O) groups excluding carboxylic acids is 2. The lowest BCUT2D eigenvalue weighted by Gasteiger charge is -2.29. The SMILES string of the molecule is BC(=O)CC(C)(C)c1c(C)cc(C)cc1OC(=O)C(C)N. The van der Waals surface area contributed by atoms with Crippen molar-refractivity contribution in [2.45, 2.75) is 52.5 Å². The molecule has 21 heavy (non-hydrogen) atoms. The van der Waals surface area contributed by atoms with Crippen LogP contribution in [0, 0.1) is 13.8 Å². The molecule has 1 unspecified atom stereocenters. The predicted octanol–water partition coefficient (Wildman–Crippen LogP) is 1.38. The van der Waals surface area contributed by atoms with Crippen LogP contribution >= 0.6 is 0 Å². The second kappa shape index (κ2) is 6.44. The van der Waals surface area contributed by atoms with Crippen LogP contribution in [0.2, 0.25) is 0 Å². The number of ether oxygens (including phenoxy) is 1. The molecule has 0 spiro atoms. The average molecular weight is 289 g/mol. The van der Waals surface area contributed by atoms with E-state index in [9.17, 15) is 9.59 Å². The van der Waals surface area contributed by atoms with Crippen LogP contribution in [0.3, 0.4) is 0 Å². The number of esters is 1. The molecule has 0 amide bonds. The molecule has 0 aliphatic carbocycles. The molecule has 0 radical (unpaired) electrons. The normalized spacial score (nSPS) is 12.9. The molecule has 0 saturated carbocycles. The summed E-state index contributed by atoms with van der Waals surface area (Å²) in [4.78, 5) is 23.3. The summed E-state index contributed by atoms with van der Waals surface area (Å²) in [5.74, 6) is 0.0286. The molecule has 0 heterocycles. The van der Waals surface area contributed by atoms with Crippen molar-refractivity contribution in [3.05, 3.63) is 28.8 Å². The Morgan fingerprint density at radius 1 is 1.33 bits per heavy atom. The van der Waals surface area contributed by atoms with Gasteiger partial charge in [0.15, 0.2) is 7.85 Å². The van der Waals surface area contributed by atoms with Gasteiger partial charge in [-0.2, -0.15) is 0 Å². The topological polar surface area (TPSA) is 69.4 Å². The van der Waals surface area contributed by atoms with Crippen molar-refractivity contribution < 1.29 is 14.3 Å². The number of carbonyl (C=O) groups is 2. The summed E-state index contributed by atoms with van der Waals surface area (Å²) in [6, 6.07) is 3.17. The first-order valence-electron chi connectivity index (χ1n) is 7.13. The van der Waals surface area contributed by atoms with Gasteiger partial charge in [-0.1, -0.05) is 19.9 Å². The standard InChI is InChI=1S/C16H24BNO3/c1-9-6-10(2)14(16(4,5)8-13(17)19)12(7-9)21-15(20)11(3)18/h6-7,11H,8,17-18H2,1-5H3. The maximum absolute atomic E-state index is 11.8. The van der Waals surface area contributed by atoms with E-state index in [4.69, 9.17) is 10.5 Å². The van der Waals surface area contributed by atoms with Crippen molar-refractivity contribution in [1.29, 1.82) is 0 Å². The fourth-order valence-electron chi connectivity index (χ4n) is 2.79. The van der Waals surface area contributed by atoms with Crippen LogP contribution in [0.4, 0.5) is 0 Å². The van der Waals surface area contributed by atoms with Gasteiger partial charge in [-0.05, 0) is 43.4 Å². The Bertz CT molecular complexity index is 565. The van der Waals surface area contributed by atoms with E-state index in [2.05, 4.69) is 0 Å². The number of hydrogen-bond donors (Lipinski definition) is 1. The van der Waals surface area contributed by atoms with Crippen molar-refractivity contribution in [2.24, 2.45) is 5.73 Å². The maximum atomic E-state index is 11.8. The molecule has 0 saturated heterocycles. The minimum absolute atomic E-state index is 0.101. The van der Waals surface area contributed by atoms with Gasteiger partial charge in [0, 0.05) is 12.0 Å². The third-order valence-corrected chi connectivity index (χ3v) is 3.39. The van der Waals surface area contributed by atoms with Gasteiger partial charge in [0.25, 0.3) is 0 Å². The molecule has 114 valence electrons. The maximum Gasteiger partial charge on any atom is 0.328 e. The molecule has 0 bridgehead atoms. The monoisotopic (exact) mass is 289 g/mol. The van der Waals surface area contributed by atoms with Crippen molar-refractivity contribution in [3.63, 3.8) is 0 Å². The molecule has 2 N–H and O–H groups in total. The smallest absolute Gasteiger partial charge is 0.328 e. The highest BCUT2D eigenvalue weighted by molar-refractivity contribution is 6.57. The largest absolute Gasteiger partial charge is 0.425 e. The molecular formula is C16H24BNO3. The molecule has 1 rings (SSSR count). The highest BCUT2D eigenvalue weighted by Gasteiger charge is 2.29. The van der Waals surface area contributed by atoms with Gasteiger partial charge in [-0.25, -0.2) is 4.79 Å². The fraction of sp³-hybridized carbons (Fsp3) is 0.500. The lowest BCUT2D eigenvalue weighted by Crippen LogP contribution is -2.32. The average Bonchev–Trinajstić information content (AvgIpc) is 2.24. The first-order valence-corrected chi connectivity index (χ1v) is 7.13. The Morgan fingerprint density at radius 2 is 1.90 bits per heavy atom. The predicted molar refractivity (Wildman–Crippen MR) is 86.4 cm³/mol. The zero-order chi connectivity index (χ0) is 16.4. The van der Waals surface area contributed by atoms with Gasteiger partial charge >= 0.3 is 5.97 Å². The van der Waals surface area contributed by atoms with E-state index >= 15 is 0 Å². The van der Waals surface area contributed by atoms with Crippen molar-refractivity contribution >= 4 is 19.5 Å². The van der Waals surface area contributed by atoms with Gasteiger partial charge in [0.1, 0.15) is 11.8 Å². The van der Waals surface area contributed by atoms with Gasteiger partial charge in [0.2, 0.25) is 0 Å². The highest BCUT2D eigenvalue weighted by atomic mass is 16.5.